The highest BCUT2D eigenvalue weighted by Gasteiger charge is 2.60. The van der Waals surface area contributed by atoms with Crippen molar-refractivity contribution in [2.75, 3.05) is 6.54 Å². The quantitative estimate of drug-likeness (QED) is 0.715. The van der Waals surface area contributed by atoms with Crippen molar-refractivity contribution in [2.24, 2.45) is 5.92 Å². The van der Waals surface area contributed by atoms with Crippen molar-refractivity contribution in [3.05, 3.63) is 12.2 Å². The Labute approximate surface area is 167 Å². The van der Waals surface area contributed by atoms with E-state index in [2.05, 4.69) is 22.8 Å². The Kier molecular flexibility index (Phi) is 5.74. The Morgan fingerprint density at radius 1 is 1.07 bits per heavy atom. The minimum absolute atomic E-state index is 0.0413. The average molecular weight is 388 g/mol. The molecule has 2 saturated carbocycles. The first-order valence-electron chi connectivity index (χ1n) is 11.2. The van der Waals surface area contributed by atoms with E-state index >= 15 is 0 Å². The minimum Gasteiger partial charge on any atom is -0.351 e. The van der Waals surface area contributed by atoms with Crippen LogP contribution in [0.1, 0.15) is 77.0 Å². The second-order valence-corrected chi connectivity index (χ2v) is 9.00. The Bertz CT molecular complexity index is 657. The number of allylic oxidation sites excluding steroid dienone is 1. The third-order valence-corrected chi connectivity index (χ3v) is 6.96. The van der Waals surface area contributed by atoms with E-state index in [0.29, 0.717) is 25.8 Å². The molecular weight excluding hydrogens is 354 g/mol. The van der Waals surface area contributed by atoms with Gasteiger partial charge in [-0.25, -0.2) is 0 Å². The fraction of sp³-hybridized carbons (Fsp3) is 0.773. The van der Waals surface area contributed by atoms with Crippen molar-refractivity contribution in [3.63, 3.8) is 0 Å². The summed E-state index contributed by atoms with van der Waals surface area (Å²) in [5.41, 5.74) is -0.819. The van der Waals surface area contributed by atoms with Gasteiger partial charge in [-0.3, -0.25) is 14.4 Å². The fourth-order valence-corrected chi connectivity index (χ4v) is 4.79. The number of amides is 3. The summed E-state index contributed by atoms with van der Waals surface area (Å²) < 4.78 is 0. The number of fused-ring (bicyclic) bond motifs is 2. The largest absolute Gasteiger partial charge is 0.351 e. The Balaban J connectivity index is 1.51. The molecule has 4 aliphatic rings. The van der Waals surface area contributed by atoms with Crippen LogP contribution < -0.4 is 10.6 Å². The molecule has 0 aromatic rings. The first kappa shape index (κ1) is 19.5. The number of hydrogen-bond donors (Lipinski definition) is 2. The Morgan fingerprint density at radius 2 is 1.89 bits per heavy atom. The highest BCUT2D eigenvalue weighted by atomic mass is 16.2. The lowest BCUT2D eigenvalue weighted by molar-refractivity contribution is -0.140. The first-order chi connectivity index (χ1) is 13.6. The molecular formula is C22H33N3O3. The van der Waals surface area contributed by atoms with E-state index in [0.717, 1.165) is 57.8 Å². The van der Waals surface area contributed by atoms with Crippen LogP contribution >= 0.6 is 0 Å². The monoisotopic (exact) mass is 387 g/mol. The van der Waals surface area contributed by atoms with Gasteiger partial charge in [0.15, 0.2) is 0 Å². The molecule has 3 fully saturated rings. The van der Waals surface area contributed by atoms with Gasteiger partial charge < -0.3 is 15.5 Å². The summed E-state index contributed by atoms with van der Waals surface area (Å²) in [6.45, 7) is 0.654. The summed E-state index contributed by atoms with van der Waals surface area (Å²) in [5.74, 6) is -0.0426. The zero-order valence-corrected chi connectivity index (χ0v) is 16.8. The molecule has 3 amide bonds. The lowest BCUT2D eigenvalue weighted by Crippen LogP contribution is -2.57. The van der Waals surface area contributed by atoms with Crippen LogP contribution in [-0.4, -0.2) is 46.8 Å². The molecule has 2 aliphatic carbocycles. The smallest absolute Gasteiger partial charge is 0.246 e. The molecule has 0 radical (unpaired) electrons. The maximum absolute atomic E-state index is 13.1. The van der Waals surface area contributed by atoms with Gasteiger partial charge >= 0.3 is 0 Å². The summed E-state index contributed by atoms with van der Waals surface area (Å²) in [5, 5.41) is 6.22. The van der Waals surface area contributed by atoms with E-state index in [-0.39, 0.29) is 29.7 Å². The SMILES string of the molecule is O=C1NC2(C(=O)NC3CCC3)CC2/C=C/CCCCCCC(=O)N2CCCC12. The molecule has 0 aromatic carbocycles. The molecule has 3 atom stereocenters. The molecule has 28 heavy (non-hydrogen) atoms. The number of nitrogens with one attached hydrogen (secondary N) is 2. The highest BCUT2D eigenvalue weighted by Crippen LogP contribution is 2.46. The van der Waals surface area contributed by atoms with E-state index in [9.17, 15) is 14.4 Å². The third kappa shape index (κ3) is 3.96. The molecule has 2 heterocycles. The van der Waals surface area contributed by atoms with Crippen LogP contribution in [0.3, 0.4) is 0 Å². The number of carbonyl (C=O) groups excluding carboxylic acids is 3. The van der Waals surface area contributed by atoms with Crippen molar-refractivity contribution in [3.8, 4) is 0 Å². The molecule has 154 valence electrons. The zero-order valence-electron chi connectivity index (χ0n) is 16.8. The van der Waals surface area contributed by atoms with Crippen LogP contribution in [0.5, 0.6) is 0 Å². The predicted octanol–water partition coefficient (Wildman–Crippen LogP) is 2.43. The van der Waals surface area contributed by atoms with Crippen LogP contribution in [0, 0.1) is 5.92 Å². The van der Waals surface area contributed by atoms with Crippen LogP contribution in [0.4, 0.5) is 0 Å². The number of rotatable bonds is 2. The third-order valence-electron chi connectivity index (χ3n) is 6.96. The Morgan fingerprint density at radius 3 is 2.68 bits per heavy atom. The average Bonchev–Trinajstić information content (AvgIpc) is 3.11. The van der Waals surface area contributed by atoms with Crippen LogP contribution in [0.25, 0.3) is 0 Å². The molecule has 0 spiro atoms. The summed E-state index contributed by atoms with van der Waals surface area (Å²) in [4.78, 5) is 40.5. The van der Waals surface area contributed by atoms with E-state index in [1.807, 2.05) is 0 Å². The molecule has 0 bridgehead atoms. The normalized spacial score (nSPS) is 35.5. The lowest BCUT2D eigenvalue weighted by Gasteiger charge is -2.30. The van der Waals surface area contributed by atoms with E-state index in [4.69, 9.17) is 0 Å². The van der Waals surface area contributed by atoms with Gasteiger partial charge in [-0.2, -0.15) is 0 Å². The lowest BCUT2D eigenvalue weighted by atomic mass is 9.92. The van der Waals surface area contributed by atoms with Gasteiger partial charge in [0.2, 0.25) is 17.7 Å². The molecule has 0 aromatic heterocycles. The van der Waals surface area contributed by atoms with E-state index in [1.165, 1.54) is 0 Å². The topological polar surface area (TPSA) is 78.5 Å². The van der Waals surface area contributed by atoms with Gasteiger partial charge in [-0.1, -0.05) is 25.0 Å². The first-order valence-corrected chi connectivity index (χ1v) is 11.2. The van der Waals surface area contributed by atoms with Crippen molar-refractivity contribution in [1.82, 2.24) is 15.5 Å². The summed E-state index contributed by atoms with van der Waals surface area (Å²) in [6, 6.07) is -0.165. The van der Waals surface area contributed by atoms with Crippen molar-refractivity contribution in [1.29, 1.82) is 0 Å². The standard InChI is InChI=1S/C22H33N3O3/c26-19-13-6-4-2-1-3-5-9-16-15-22(16,21(28)23-17-10-7-11-17)24-20(27)18-12-8-14-25(18)19/h5,9,16-18H,1-4,6-8,10-15H2,(H,23,28)(H,24,27)/b9-5+. The van der Waals surface area contributed by atoms with Crippen LogP contribution in [-0.2, 0) is 14.4 Å². The van der Waals surface area contributed by atoms with Gasteiger partial charge in [0.1, 0.15) is 11.6 Å². The highest BCUT2D eigenvalue weighted by molar-refractivity contribution is 5.97. The molecule has 6 nitrogen and oxygen atoms in total. The second kappa shape index (κ2) is 8.26. The number of hydrogen-bond acceptors (Lipinski definition) is 3. The molecule has 6 heteroatoms. The summed E-state index contributed by atoms with van der Waals surface area (Å²) in [7, 11) is 0. The van der Waals surface area contributed by atoms with Gasteiger partial charge in [0, 0.05) is 24.9 Å². The van der Waals surface area contributed by atoms with Gasteiger partial charge in [0.25, 0.3) is 0 Å². The minimum atomic E-state index is -0.819. The number of carbonyl (C=O) groups is 3. The fourth-order valence-electron chi connectivity index (χ4n) is 4.79. The van der Waals surface area contributed by atoms with Crippen molar-refractivity contribution >= 4 is 17.7 Å². The van der Waals surface area contributed by atoms with Gasteiger partial charge in [-0.15, -0.1) is 0 Å². The number of nitrogens with zero attached hydrogens (tertiary/aromatic N) is 1. The molecule has 3 unspecified atom stereocenters. The molecule has 4 rings (SSSR count). The maximum Gasteiger partial charge on any atom is 0.246 e. The summed E-state index contributed by atoms with van der Waals surface area (Å²) >= 11 is 0. The molecule has 2 N–H and O–H groups in total. The predicted molar refractivity (Wildman–Crippen MR) is 106 cm³/mol. The molecule has 1 saturated heterocycles. The van der Waals surface area contributed by atoms with E-state index < -0.39 is 11.6 Å². The van der Waals surface area contributed by atoms with Gasteiger partial charge in [0.05, 0.1) is 0 Å². The van der Waals surface area contributed by atoms with Crippen LogP contribution in [0.2, 0.25) is 0 Å². The Hall–Kier alpha value is -1.85. The van der Waals surface area contributed by atoms with Crippen molar-refractivity contribution < 1.29 is 14.4 Å². The van der Waals surface area contributed by atoms with Crippen molar-refractivity contribution in [2.45, 2.75) is 94.7 Å². The van der Waals surface area contributed by atoms with E-state index in [1.54, 1.807) is 4.90 Å². The summed E-state index contributed by atoms with van der Waals surface area (Å²) in [6.07, 6.45) is 15.4. The maximum atomic E-state index is 13.1. The molecule has 2 aliphatic heterocycles. The van der Waals surface area contributed by atoms with Crippen LogP contribution in [0.15, 0.2) is 12.2 Å². The second-order valence-electron chi connectivity index (χ2n) is 9.00. The van der Waals surface area contributed by atoms with Gasteiger partial charge in [-0.05, 0) is 57.8 Å². The zero-order chi connectivity index (χ0) is 19.6.